The van der Waals surface area contributed by atoms with Gasteiger partial charge in [-0.2, -0.15) is 0 Å². The summed E-state index contributed by atoms with van der Waals surface area (Å²) >= 11 is 2.57. The van der Waals surface area contributed by atoms with Crippen LogP contribution in [0.1, 0.15) is 0 Å². The van der Waals surface area contributed by atoms with Crippen LogP contribution in [0.25, 0.3) is 0 Å². The van der Waals surface area contributed by atoms with Gasteiger partial charge in [-0.25, -0.2) is 0 Å². The lowest BCUT2D eigenvalue weighted by atomic mass is 10.2. The summed E-state index contributed by atoms with van der Waals surface area (Å²) in [4.78, 5) is 26.8. The summed E-state index contributed by atoms with van der Waals surface area (Å²) < 4.78 is 0.671. The number of carbonyl (C=O) groups is 1. The molecule has 25 heavy (non-hydrogen) atoms. The van der Waals surface area contributed by atoms with Crippen molar-refractivity contribution in [1.29, 1.82) is 0 Å². The second kappa shape index (κ2) is 7.66. The number of benzene rings is 1. The van der Waals surface area contributed by atoms with Crippen molar-refractivity contribution in [3.05, 3.63) is 34.4 Å². The Morgan fingerprint density at radius 3 is 2.64 bits per heavy atom. The van der Waals surface area contributed by atoms with E-state index >= 15 is 0 Å². The average molecular weight is 380 g/mol. The predicted octanol–water partition coefficient (Wildman–Crippen LogP) is 1.47. The minimum Gasteiger partial charge on any atom is -0.374 e. The van der Waals surface area contributed by atoms with Crippen LogP contribution in [0, 0.1) is 10.1 Å². The molecule has 1 fully saturated rings. The van der Waals surface area contributed by atoms with Crippen molar-refractivity contribution in [2.75, 3.05) is 42.6 Å². The molecular formula is C14H16N6O3S2. The number of nitro groups is 1. The lowest BCUT2D eigenvalue weighted by Gasteiger charge is -2.35. The van der Waals surface area contributed by atoms with Gasteiger partial charge in [-0.3, -0.25) is 14.9 Å². The van der Waals surface area contributed by atoms with E-state index in [4.69, 9.17) is 5.73 Å². The highest BCUT2D eigenvalue weighted by Crippen LogP contribution is 2.28. The highest BCUT2D eigenvalue weighted by molar-refractivity contribution is 8.01. The molecule has 2 aromatic rings. The third-order valence-corrected chi connectivity index (χ3v) is 5.66. The monoisotopic (exact) mass is 380 g/mol. The first-order chi connectivity index (χ1) is 12.0. The highest BCUT2D eigenvalue weighted by atomic mass is 32.2. The quantitative estimate of drug-likeness (QED) is 0.470. The molecular weight excluding hydrogens is 364 g/mol. The maximum absolute atomic E-state index is 12.3. The number of nitro benzene ring substituents is 1. The van der Waals surface area contributed by atoms with Gasteiger partial charge in [0, 0.05) is 32.2 Å². The van der Waals surface area contributed by atoms with E-state index in [1.165, 1.54) is 29.2 Å². The maximum atomic E-state index is 12.3. The second-order valence-corrected chi connectivity index (χ2v) is 7.54. The smallest absolute Gasteiger partial charge is 0.292 e. The van der Waals surface area contributed by atoms with Crippen molar-refractivity contribution < 1.29 is 9.72 Å². The number of hydrogen-bond acceptors (Lipinski definition) is 9. The molecule has 11 heteroatoms. The van der Waals surface area contributed by atoms with Crippen LogP contribution in [0.5, 0.6) is 0 Å². The van der Waals surface area contributed by atoms with Gasteiger partial charge in [0.2, 0.25) is 11.0 Å². The molecule has 0 radical (unpaired) electrons. The summed E-state index contributed by atoms with van der Waals surface area (Å²) in [7, 11) is 0. The van der Waals surface area contributed by atoms with Crippen molar-refractivity contribution in [3.63, 3.8) is 0 Å². The number of para-hydroxylation sites is 2. The molecule has 1 amide bonds. The van der Waals surface area contributed by atoms with Gasteiger partial charge >= 0.3 is 0 Å². The number of carbonyl (C=O) groups excluding carboxylic acids is 1. The molecule has 3 rings (SSSR count). The number of thioether (sulfide) groups is 1. The number of amides is 1. The fraction of sp³-hybridized carbons (Fsp3) is 0.357. The first kappa shape index (κ1) is 17.4. The molecule has 0 atom stereocenters. The zero-order valence-corrected chi connectivity index (χ0v) is 14.8. The molecule has 1 aliphatic rings. The minimum absolute atomic E-state index is 0.0148. The highest BCUT2D eigenvalue weighted by Gasteiger charge is 2.25. The Labute approximate surface area is 152 Å². The molecule has 1 aliphatic heterocycles. The summed E-state index contributed by atoms with van der Waals surface area (Å²) in [6.07, 6.45) is 0. The van der Waals surface area contributed by atoms with Crippen molar-refractivity contribution in [3.8, 4) is 0 Å². The third kappa shape index (κ3) is 4.17. The van der Waals surface area contributed by atoms with Crippen molar-refractivity contribution >= 4 is 45.5 Å². The zero-order chi connectivity index (χ0) is 17.8. The lowest BCUT2D eigenvalue weighted by molar-refractivity contribution is -0.384. The molecule has 2 N–H and O–H groups in total. The van der Waals surface area contributed by atoms with Crippen molar-refractivity contribution in [2.24, 2.45) is 0 Å². The SMILES string of the molecule is Nc1nnc(SCC(=O)N2CCN(c3ccccc3[N+](=O)[O-])CC2)s1. The molecule has 1 aromatic heterocycles. The molecule has 0 spiro atoms. The topological polar surface area (TPSA) is 118 Å². The number of nitrogen functional groups attached to an aromatic ring is 1. The first-order valence-electron chi connectivity index (χ1n) is 7.52. The summed E-state index contributed by atoms with van der Waals surface area (Å²) in [6, 6.07) is 6.67. The van der Waals surface area contributed by atoms with E-state index in [0.29, 0.717) is 41.3 Å². The van der Waals surface area contributed by atoms with Crippen LogP contribution in [0.15, 0.2) is 28.6 Å². The van der Waals surface area contributed by atoms with Gasteiger partial charge in [-0.05, 0) is 6.07 Å². The molecule has 1 saturated heterocycles. The first-order valence-corrected chi connectivity index (χ1v) is 9.32. The molecule has 9 nitrogen and oxygen atoms in total. The lowest BCUT2D eigenvalue weighted by Crippen LogP contribution is -2.49. The number of nitrogens with two attached hydrogens (primary N) is 1. The van der Waals surface area contributed by atoms with Gasteiger partial charge in [-0.15, -0.1) is 10.2 Å². The van der Waals surface area contributed by atoms with Crippen LogP contribution in [0.4, 0.5) is 16.5 Å². The minimum atomic E-state index is -0.378. The van der Waals surface area contributed by atoms with Crippen LogP contribution in [-0.4, -0.2) is 57.9 Å². The van der Waals surface area contributed by atoms with Gasteiger partial charge in [0.15, 0.2) is 4.34 Å². The van der Waals surface area contributed by atoms with E-state index in [1.807, 2.05) is 4.90 Å². The van der Waals surface area contributed by atoms with Gasteiger partial charge in [-0.1, -0.05) is 35.2 Å². The van der Waals surface area contributed by atoms with Crippen LogP contribution >= 0.6 is 23.1 Å². The Hall–Kier alpha value is -2.40. The standard InChI is InChI=1S/C14H16N6O3S2/c15-13-16-17-14(25-13)24-9-12(21)19-7-5-18(6-8-19)10-3-1-2-4-11(10)20(22)23/h1-4H,5-9H2,(H2,15,16). The molecule has 1 aromatic carbocycles. The zero-order valence-electron chi connectivity index (χ0n) is 13.2. The Balaban J connectivity index is 1.55. The number of piperazine rings is 1. The Bertz CT molecular complexity index is 775. The number of rotatable bonds is 5. The van der Waals surface area contributed by atoms with E-state index in [1.54, 1.807) is 23.1 Å². The van der Waals surface area contributed by atoms with Gasteiger partial charge in [0.25, 0.3) is 5.69 Å². The van der Waals surface area contributed by atoms with E-state index < -0.39 is 0 Å². The van der Waals surface area contributed by atoms with Crippen LogP contribution in [0.3, 0.4) is 0 Å². The fourth-order valence-corrected chi connectivity index (χ4v) is 4.12. The Kier molecular flexibility index (Phi) is 5.34. The average Bonchev–Trinajstić information content (AvgIpc) is 3.05. The van der Waals surface area contributed by atoms with Crippen LogP contribution < -0.4 is 10.6 Å². The number of anilines is 2. The van der Waals surface area contributed by atoms with E-state index in [2.05, 4.69) is 10.2 Å². The Morgan fingerprint density at radius 1 is 1.28 bits per heavy atom. The molecule has 0 bridgehead atoms. The molecule has 2 heterocycles. The van der Waals surface area contributed by atoms with Gasteiger partial charge in [0.1, 0.15) is 5.69 Å². The van der Waals surface area contributed by atoms with Gasteiger partial charge < -0.3 is 15.5 Å². The Morgan fingerprint density at radius 2 is 2.00 bits per heavy atom. The van der Waals surface area contributed by atoms with Gasteiger partial charge in [0.05, 0.1) is 10.7 Å². The van der Waals surface area contributed by atoms with Crippen LogP contribution in [-0.2, 0) is 4.79 Å². The third-order valence-electron chi connectivity index (χ3n) is 3.79. The van der Waals surface area contributed by atoms with Crippen molar-refractivity contribution in [2.45, 2.75) is 4.34 Å². The maximum Gasteiger partial charge on any atom is 0.292 e. The largest absolute Gasteiger partial charge is 0.374 e. The summed E-state index contributed by atoms with van der Waals surface area (Å²) in [5, 5.41) is 19.1. The second-order valence-electron chi connectivity index (χ2n) is 5.31. The van der Waals surface area contributed by atoms with Crippen LogP contribution in [0.2, 0.25) is 0 Å². The molecule has 0 aliphatic carbocycles. The fourth-order valence-electron chi connectivity index (χ4n) is 2.58. The molecule has 0 saturated carbocycles. The predicted molar refractivity (Wildman–Crippen MR) is 96.9 cm³/mol. The van der Waals surface area contributed by atoms with E-state index in [9.17, 15) is 14.9 Å². The summed E-state index contributed by atoms with van der Waals surface area (Å²) in [5.41, 5.74) is 6.20. The van der Waals surface area contributed by atoms with E-state index in [0.717, 1.165) is 0 Å². The number of hydrogen-bond donors (Lipinski definition) is 1. The molecule has 0 unspecified atom stereocenters. The summed E-state index contributed by atoms with van der Waals surface area (Å²) in [5.74, 6) is 0.293. The number of aromatic nitrogens is 2. The molecule has 132 valence electrons. The normalized spacial score (nSPS) is 14.6. The summed E-state index contributed by atoms with van der Waals surface area (Å²) in [6.45, 7) is 2.19. The number of nitrogens with zero attached hydrogens (tertiary/aromatic N) is 5. The van der Waals surface area contributed by atoms with E-state index in [-0.39, 0.29) is 22.3 Å². The van der Waals surface area contributed by atoms with Crippen molar-refractivity contribution in [1.82, 2.24) is 15.1 Å².